The molecular formula is C14H17NOS. The van der Waals surface area contributed by atoms with E-state index < -0.39 is 0 Å². The van der Waals surface area contributed by atoms with E-state index >= 15 is 0 Å². The average Bonchev–Trinajstić information content (AvgIpc) is 2.96. The van der Waals surface area contributed by atoms with Crippen molar-refractivity contribution in [3.63, 3.8) is 0 Å². The Hall–Kier alpha value is -1.08. The Labute approximate surface area is 107 Å². The summed E-state index contributed by atoms with van der Waals surface area (Å²) in [5.41, 5.74) is 1.01. The van der Waals surface area contributed by atoms with E-state index in [1.807, 2.05) is 0 Å². The molecule has 0 saturated carbocycles. The monoisotopic (exact) mass is 247 g/mol. The highest BCUT2D eigenvalue weighted by atomic mass is 32.1. The first-order valence-corrected chi connectivity index (χ1v) is 6.79. The lowest BCUT2D eigenvalue weighted by atomic mass is 10.2. The molecule has 17 heavy (non-hydrogen) atoms. The van der Waals surface area contributed by atoms with Crippen molar-refractivity contribution in [3.8, 4) is 11.8 Å². The van der Waals surface area contributed by atoms with Gasteiger partial charge in [-0.15, -0.1) is 11.3 Å². The molecule has 90 valence electrons. The Morgan fingerprint density at radius 3 is 3.24 bits per heavy atom. The summed E-state index contributed by atoms with van der Waals surface area (Å²) < 4.78 is 0. The summed E-state index contributed by atoms with van der Waals surface area (Å²) in [5.74, 6) is 5.62. The van der Waals surface area contributed by atoms with Crippen molar-refractivity contribution in [1.82, 2.24) is 4.90 Å². The standard InChI is InChI=1S/C14H17NOS/c1-2-13-6-3-7-15(13)10-14-9-12(11-17-14)5-4-8-16/h3,6,9,11,13,16H,2,7-8,10H2,1H3. The highest BCUT2D eigenvalue weighted by Gasteiger charge is 2.18. The molecule has 2 nitrogen and oxygen atoms in total. The van der Waals surface area contributed by atoms with Gasteiger partial charge in [0.25, 0.3) is 0 Å². The van der Waals surface area contributed by atoms with Gasteiger partial charge in [0.1, 0.15) is 6.61 Å². The van der Waals surface area contributed by atoms with Gasteiger partial charge in [-0.1, -0.05) is 30.9 Å². The molecule has 0 radical (unpaired) electrons. The molecule has 0 fully saturated rings. The van der Waals surface area contributed by atoms with E-state index in [0.29, 0.717) is 6.04 Å². The maximum atomic E-state index is 8.64. The quantitative estimate of drug-likeness (QED) is 0.654. The lowest BCUT2D eigenvalue weighted by Crippen LogP contribution is -2.28. The molecule has 0 aliphatic carbocycles. The van der Waals surface area contributed by atoms with E-state index in [-0.39, 0.29) is 6.61 Å². The van der Waals surface area contributed by atoms with Crippen LogP contribution in [0.25, 0.3) is 0 Å². The molecule has 0 aromatic carbocycles. The van der Waals surface area contributed by atoms with Crippen molar-refractivity contribution in [2.24, 2.45) is 0 Å². The SMILES string of the molecule is CCC1C=CCN1Cc1cc(C#CCO)cs1. The van der Waals surface area contributed by atoms with Crippen LogP contribution in [0.5, 0.6) is 0 Å². The summed E-state index contributed by atoms with van der Waals surface area (Å²) in [7, 11) is 0. The first-order chi connectivity index (χ1) is 8.33. The van der Waals surface area contributed by atoms with Gasteiger partial charge in [-0.25, -0.2) is 0 Å². The van der Waals surface area contributed by atoms with E-state index in [2.05, 4.69) is 47.3 Å². The minimum absolute atomic E-state index is 0.0703. The third-order valence-corrected chi connectivity index (χ3v) is 3.83. The van der Waals surface area contributed by atoms with Gasteiger partial charge in [0, 0.05) is 35.0 Å². The molecule has 0 spiro atoms. The van der Waals surface area contributed by atoms with Gasteiger partial charge in [-0.2, -0.15) is 0 Å². The summed E-state index contributed by atoms with van der Waals surface area (Å²) >= 11 is 1.75. The van der Waals surface area contributed by atoms with Crippen LogP contribution in [-0.4, -0.2) is 29.2 Å². The Morgan fingerprint density at radius 1 is 1.59 bits per heavy atom. The van der Waals surface area contributed by atoms with Gasteiger partial charge >= 0.3 is 0 Å². The highest BCUT2D eigenvalue weighted by Crippen LogP contribution is 2.21. The average molecular weight is 247 g/mol. The number of aliphatic hydroxyl groups excluding tert-OH is 1. The number of hydrogen-bond acceptors (Lipinski definition) is 3. The summed E-state index contributed by atoms with van der Waals surface area (Å²) in [6.07, 6.45) is 5.70. The molecule has 3 heteroatoms. The number of hydrogen-bond donors (Lipinski definition) is 1. The van der Waals surface area contributed by atoms with E-state index in [1.54, 1.807) is 11.3 Å². The van der Waals surface area contributed by atoms with Crippen LogP contribution >= 0.6 is 11.3 Å². The molecule has 1 aliphatic heterocycles. The lowest BCUT2D eigenvalue weighted by Gasteiger charge is -2.22. The zero-order chi connectivity index (χ0) is 12.1. The van der Waals surface area contributed by atoms with Crippen molar-refractivity contribution in [2.45, 2.75) is 25.9 Å². The van der Waals surface area contributed by atoms with Gasteiger partial charge in [-0.3, -0.25) is 4.90 Å². The van der Waals surface area contributed by atoms with Crippen molar-refractivity contribution in [1.29, 1.82) is 0 Å². The predicted molar refractivity (Wildman–Crippen MR) is 71.9 cm³/mol. The number of nitrogens with zero attached hydrogens (tertiary/aromatic N) is 1. The molecule has 1 N–H and O–H groups in total. The van der Waals surface area contributed by atoms with Crippen LogP contribution in [0.2, 0.25) is 0 Å². The van der Waals surface area contributed by atoms with Crippen LogP contribution in [0.4, 0.5) is 0 Å². The number of thiophene rings is 1. The minimum Gasteiger partial charge on any atom is -0.384 e. The zero-order valence-electron chi connectivity index (χ0n) is 10.0. The molecule has 1 unspecified atom stereocenters. The van der Waals surface area contributed by atoms with Crippen molar-refractivity contribution >= 4 is 11.3 Å². The molecular weight excluding hydrogens is 230 g/mol. The van der Waals surface area contributed by atoms with Gasteiger partial charge in [0.2, 0.25) is 0 Å². The second-order valence-corrected chi connectivity index (χ2v) is 5.09. The van der Waals surface area contributed by atoms with E-state index in [1.165, 1.54) is 11.3 Å². The van der Waals surface area contributed by atoms with E-state index in [0.717, 1.165) is 18.7 Å². The van der Waals surface area contributed by atoms with Crippen LogP contribution in [-0.2, 0) is 6.54 Å². The maximum Gasteiger partial charge on any atom is 0.104 e. The van der Waals surface area contributed by atoms with Crippen molar-refractivity contribution < 1.29 is 5.11 Å². The summed E-state index contributed by atoms with van der Waals surface area (Å²) in [6, 6.07) is 2.71. The predicted octanol–water partition coefficient (Wildman–Crippen LogP) is 2.24. The first-order valence-electron chi connectivity index (χ1n) is 5.91. The molecule has 2 rings (SSSR count). The molecule has 2 heterocycles. The van der Waals surface area contributed by atoms with E-state index in [4.69, 9.17) is 5.11 Å². The third kappa shape index (κ3) is 3.19. The molecule has 1 aliphatic rings. The Kier molecular flexibility index (Phi) is 4.38. The largest absolute Gasteiger partial charge is 0.384 e. The molecule has 0 amide bonds. The van der Waals surface area contributed by atoms with E-state index in [9.17, 15) is 0 Å². The van der Waals surface area contributed by atoms with Crippen LogP contribution in [0.15, 0.2) is 23.6 Å². The zero-order valence-corrected chi connectivity index (χ0v) is 10.8. The van der Waals surface area contributed by atoms with Crippen LogP contribution in [0.3, 0.4) is 0 Å². The van der Waals surface area contributed by atoms with Crippen LogP contribution in [0.1, 0.15) is 23.8 Å². The molecule has 0 saturated heterocycles. The molecule has 1 aromatic heterocycles. The Morgan fingerprint density at radius 2 is 2.47 bits per heavy atom. The Balaban J connectivity index is 1.97. The lowest BCUT2D eigenvalue weighted by molar-refractivity contribution is 0.260. The molecule has 1 atom stereocenters. The first kappa shape index (κ1) is 12.4. The second kappa shape index (κ2) is 6.02. The topological polar surface area (TPSA) is 23.5 Å². The normalized spacial score (nSPS) is 19.3. The molecule has 0 bridgehead atoms. The van der Waals surface area contributed by atoms with Gasteiger partial charge in [-0.05, 0) is 12.5 Å². The van der Waals surface area contributed by atoms with Crippen LogP contribution < -0.4 is 0 Å². The fourth-order valence-corrected chi connectivity index (χ4v) is 2.90. The van der Waals surface area contributed by atoms with Gasteiger partial charge in [0.05, 0.1) is 0 Å². The fraction of sp³-hybridized carbons (Fsp3) is 0.429. The van der Waals surface area contributed by atoms with Crippen molar-refractivity contribution in [2.75, 3.05) is 13.2 Å². The van der Waals surface area contributed by atoms with Gasteiger partial charge < -0.3 is 5.11 Å². The fourth-order valence-electron chi connectivity index (χ4n) is 2.06. The summed E-state index contributed by atoms with van der Waals surface area (Å²) in [4.78, 5) is 3.81. The third-order valence-electron chi connectivity index (χ3n) is 2.91. The molecule has 1 aromatic rings. The van der Waals surface area contributed by atoms with Gasteiger partial charge in [0.15, 0.2) is 0 Å². The number of aliphatic hydroxyl groups is 1. The number of rotatable bonds is 3. The summed E-state index contributed by atoms with van der Waals surface area (Å²) in [6.45, 7) is 4.20. The maximum absolute atomic E-state index is 8.64. The summed E-state index contributed by atoms with van der Waals surface area (Å²) in [5, 5.41) is 10.7. The van der Waals surface area contributed by atoms with Crippen molar-refractivity contribution in [3.05, 3.63) is 34.0 Å². The minimum atomic E-state index is -0.0703. The van der Waals surface area contributed by atoms with Crippen LogP contribution in [0, 0.1) is 11.8 Å². The smallest absolute Gasteiger partial charge is 0.104 e. The highest BCUT2D eigenvalue weighted by molar-refractivity contribution is 7.10. The second-order valence-electron chi connectivity index (χ2n) is 4.09. The Bertz CT molecular complexity index is 452.